The lowest BCUT2D eigenvalue weighted by molar-refractivity contribution is -0.137. The summed E-state index contributed by atoms with van der Waals surface area (Å²) in [4.78, 5) is 17.1. The van der Waals surface area contributed by atoms with Crippen LogP contribution in [0.2, 0.25) is 10.0 Å². The lowest BCUT2D eigenvalue weighted by Crippen LogP contribution is -2.11. The highest BCUT2D eigenvalue weighted by molar-refractivity contribution is 7.17. The Bertz CT molecular complexity index is 998. The van der Waals surface area contributed by atoms with Crippen molar-refractivity contribution < 1.29 is 18.0 Å². The normalized spacial score (nSPS) is 11.5. The van der Waals surface area contributed by atoms with E-state index in [4.69, 9.17) is 23.2 Å². The molecule has 27 heavy (non-hydrogen) atoms. The van der Waals surface area contributed by atoms with E-state index in [1.165, 1.54) is 30.3 Å². The van der Waals surface area contributed by atoms with Gasteiger partial charge in [-0.15, -0.1) is 11.3 Å². The lowest BCUT2D eigenvalue weighted by atomic mass is 10.1. The van der Waals surface area contributed by atoms with Crippen LogP contribution in [-0.2, 0) is 6.18 Å². The topological polar surface area (TPSA) is 42.0 Å². The van der Waals surface area contributed by atoms with E-state index in [1.54, 1.807) is 6.92 Å². The van der Waals surface area contributed by atoms with Gasteiger partial charge >= 0.3 is 6.18 Å². The number of alkyl halides is 3. The molecule has 9 heteroatoms. The van der Waals surface area contributed by atoms with Crippen LogP contribution in [0.15, 0.2) is 42.5 Å². The summed E-state index contributed by atoms with van der Waals surface area (Å²) >= 11 is 12.8. The van der Waals surface area contributed by atoms with Gasteiger partial charge in [0.15, 0.2) is 0 Å². The van der Waals surface area contributed by atoms with Crippen LogP contribution < -0.4 is 5.32 Å². The molecule has 0 fully saturated rings. The minimum absolute atomic E-state index is 0.290. The first-order valence-corrected chi connectivity index (χ1v) is 9.13. The number of thiazole rings is 1. The quantitative estimate of drug-likeness (QED) is 0.502. The highest BCUT2D eigenvalue weighted by Gasteiger charge is 2.30. The summed E-state index contributed by atoms with van der Waals surface area (Å²) in [5.74, 6) is -0.443. The Kier molecular flexibility index (Phi) is 5.46. The Morgan fingerprint density at radius 3 is 2.41 bits per heavy atom. The second kappa shape index (κ2) is 7.50. The van der Waals surface area contributed by atoms with Crippen molar-refractivity contribution in [2.75, 3.05) is 5.32 Å². The Labute approximate surface area is 166 Å². The molecule has 140 valence electrons. The third kappa shape index (κ3) is 4.61. The highest BCUT2D eigenvalue weighted by Crippen LogP contribution is 2.34. The zero-order chi connectivity index (χ0) is 19.8. The predicted octanol–water partition coefficient (Wildman–Crippen LogP) is 6.70. The molecule has 0 unspecified atom stereocenters. The molecular weight excluding hydrogens is 420 g/mol. The van der Waals surface area contributed by atoms with Crippen molar-refractivity contribution in [3.05, 3.63) is 68.6 Å². The molecule has 1 heterocycles. The van der Waals surface area contributed by atoms with E-state index >= 15 is 0 Å². The molecule has 0 aliphatic heterocycles. The monoisotopic (exact) mass is 430 g/mol. The van der Waals surface area contributed by atoms with Gasteiger partial charge in [0, 0.05) is 21.3 Å². The highest BCUT2D eigenvalue weighted by atomic mass is 35.5. The van der Waals surface area contributed by atoms with Crippen molar-refractivity contribution in [3.63, 3.8) is 0 Å². The Hall–Kier alpha value is -2.09. The molecule has 1 amide bonds. The van der Waals surface area contributed by atoms with Crippen LogP contribution in [0.1, 0.15) is 20.9 Å². The molecule has 3 nitrogen and oxygen atoms in total. The van der Waals surface area contributed by atoms with E-state index in [9.17, 15) is 18.0 Å². The summed E-state index contributed by atoms with van der Waals surface area (Å²) in [5.41, 5.74) is 0.346. The van der Waals surface area contributed by atoms with Crippen molar-refractivity contribution in [2.24, 2.45) is 0 Å². The van der Waals surface area contributed by atoms with Crippen molar-refractivity contribution in [2.45, 2.75) is 13.1 Å². The van der Waals surface area contributed by atoms with Crippen molar-refractivity contribution >= 4 is 46.1 Å². The molecular formula is C18H11Cl2F3N2OS. The van der Waals surface area contributed by atoms with E-state index in [2.05, 4.69) is 10.3 Å². The number of aromatic nitrogens is 1. The van der Waals surface area contributed by atoms with Gasteiger partial charge in [-0.1, -0.05) is 35.3 Å². The maximum atomic E-state index is 12.9. The van der Waals surface area contributed by atoms with Gasteiger partial charge < -0.3 is 5.32 Å². The number of nitrogens with zero attached hydrogens (tertiary/aromatic N) is 1. The van der Waals surface area contributed by atoms with Gasteiger partial charge in [0.1, 0.15) is 9.88 Å². The fourth-order valence-electron chi connectivity index (χ4n) is 2.37. The largest absolute Gasteiger partial charge is 0.416 e. The number of rotatable bonds is 3. The molecule has 3 aromatic rings. The number of anilines is 1. The van der Waals surface area contributed by atoms with Gasteiger partial charge in [-0.25, -0.2) is 4.98 Å². The van der Waals surface area contributed by atoms with Crippen LogP contribution in [0.3, 0.4) is 0 Å². The molecule has 0 bridgehead atoms. The lowest BCUT2D eigenvalue weighted by Gasteiger charge is -2.07. The third-order valence-electron chi connectivity index (χ3n) is 3.56. The van der Waals surface area contributed by atoms with E-state index in [0.29, 0.717) is 36.9 Å². The first-order chi connectivity index (χ1) is 12.6. The number of carbonyl (C=O) groups is 1. The SMILES string of the molecule is Cc1nc(-c2cccc(C(F)(F)F)c2)sc1C(=O)Nc1cc(Cl)cc(Cl)c1. The van der Waals surface area contributed by atoms with Gasteiger partial charge in [0.2, 0.25) is 0 Å². The maximum absolute atomic E-state index is 12.9. The molecule has 1 N–H and O–H groups in total. The first-order valence-electron chi connectivity index (χ1n) is 7.56. The Morgan fingerprint density at radius 2 is 1.78 bits per heavy atom. The van der Waals surface area contributed by atoms with E-state index < -0.39 is 17.6 Å². The summed E-state index contributed by atoms with van der Waals surface area (Å²) in [5, 5.41) is 3.72. The first kappa shape index (κ1) is 19.7. The van der Waals surface area contributed by atoms with Crippen LogP contribution in [0.25, 0.3) is 10.6 Å². The average Bonchev–Trinajstić information content (AvgIpc) is 2.95. The molecule has 0 radical (unpaired) electrons. The van der Waals surface area contributed by atoms with Crippen molar-refractivity contribution in [3.8, 4) is 10.6 Å². The Balaban J connectivity index is 1.89. The number of carbonyl (C=O) groups excluding carboxylic acids is 1. The molecule has 0 aliphatic rings. The van der Waals surface area contributed by atoms with Crippen LogP contribution in [0.4, 0.5) is 18.9 Å². The van der Waals surface area contributed by atoms with Crippen LogP contribution in [-0.4, -0.2) is 10.9 Å². The minimum Gasteiger partial charge on any atom is -0.321 e. The molecule has 3 rings (SSSR count). The molecule has 0 aliphatic carbocycles. The number of benzene rings is 2. The standard InChI is InChI=1S/C18H11Cl2F3N2OS/c1-9-15(16(26)25-14-7-12(19)6-13(20)8-14)27-17(24-9)10-3-2-4-11(5-10)18(21,22)23/h2-8H,1H3,(H,25,26). The summed E-state index contributed by atoms with van der Waals surface area (Å²) in [6.45, 7) is 1.62. The van der Waals surface area contributed by atoms with Crippen molar-refractivity contribution in [1.82, 2.24) is 4.98 Å². The fraction of sp³-hybridized carbons (Fsp3) is 0.111. The van der Waals surface area contributed by atoms with Gasteiger partial charge in [0.25, 0.3) is 5.91 Å². The average molecular weight is 431 g/mol. The van der Waals surface area contributed by atoms with E-state index in [0.717, 1.165) is 23.5 Å². The number of halogens is 5. The zero-order valence-electron chi connectivity index (χ0n) is 13.7. The summed E-state index contributed by atoms with van der Waals surface area (Å²) in [6, 6.07) is 9.43. The van der Waals surface area contributed by atoms with Gasteiger partial charge in [0.05, 0.1) is 11.3 Å². The van der Waals surface area contributed by atoms with Gasteiger partial charge in [-0.2, -0.15) is 13.2 Å². The molecule has 0 saturated carbocycles. The summed E-state index contributed by atoms with van der Waals surface area (Å²) in [7, 11) is 0. The molecule has 0 spiro atoms. The van der Waals surface area contributed by atoms with Gasteiger partial charge in [-0.3, -0.25) is 4.79 Å². The number of hydrogen-bond acceptors (Lipinski definition) is 3. The number of amides is 1. The van der Waals surface area contributed by atoms with Crippen molar-refractivity contribution in [1.29, 1.82) is 0 Å². The minimum atomic E-state index is -4.45. The second-order valence-corrected chi connectivity index (χ2v) is 7.50. The molecule has 0 saturated heterocycles. The second-order valence-electron chi connectivity index (χ2n) is 5.62. The number of aryl methyl sites for hydroxylation is 1. The van der Waals surface area contributed by atoms with E-state index in [-0.39, 0.29) is 0 Å². The Morgan fingerprint density at radius 1 is 1.11 bits per heavy atom. The predicted molar refractivity (Wildman–Crippen MR) is 102 cm³/mol. The molecule has 1 aromatic heterocycles. The maximum Gasteiger partial charge on any atom is 0.416 e. The molecule has 0 atom stereocenters. The summed E-state index contributed by atoms with van der Waals surface area (Å²) in [6.07, 6.45) is -4.45. The number of hydrogen-bond donors (Lipinski definition) is 1. The van der Waals surface area contributed by atoms with Gasteiger partial charge in [-0.05, 0) is 37.3 Å². The molecule has 2 aromatic carbocycles. The fourth-order valence-corrected chi connectivity index (χ4v) is 3.86. The third-order valence-corrected chi connectivity index (χ3v) is 5.20. The van der Waals surface area contributed by atoms with E-state index in [1.807, 2.05) is 0 Å². The van der Waals surface area contributed by atoms with Crippen LogP contribution in [0.5, 0.6) is 0 Å². The van der Waals surface area contributed by atoms with Crippen LogP contribution >= 0.6 is 34.5 Å². The van der Waals surface area contributed by atoms with Crippen LogP contribution in [0, 0.1) is 6.92 Å². The smallest absolute Gasteiger partial charge is 0.321 e. The number of nitrogens with one attached hydrogen (secondary N) is 1. The zero-order valence-corrected chi connectivity index (χ0v) is 16.0. The summed E-state index contributed by atoms with van der Waals surface area (Å²) < 4.78 is 38.7.